The number of aliphatic hydroxyl groups excluding tert-OH is 1. The molecule has 0 aromatic heterocycles. The smallest absolute Gasteiger partial charge is 0.305 e. The highest BCUT2D eigenvalue weighted by atomic mass is 16.5. The van der Waals surface area contributed by atoms with Crippen LogP contribution in [0.15, 0.2) is 0 Å². The highest BCUT2D eigenvalue weighted by molar-refractivity contribution is 5.69. The number of aliphatic hydroxyl groups is 1. The zero-order valence-corrected chi connectivity index (χ0v) is 18.6. The lowest BCUT2D eigenvalue weighted by Crippen LogP contribution is -2.11. The molecule has 0 saturated heterocycles. The van der Waals surface area contributed by atoms with Crippen LogP contribution in [0.5, 0.6) is 0 Å². The van der Waals surface area contributed by atoms with Crippen molar-refractivity contribution in [1.29, 1.82) is 0 Å². The fourth-order valence-corrected chi connectivity index (χ4v) is 3.54. The number of rotatable bonds is 20. The van der Waals surface area contributed by atoms with Gasteiger partial charge in [0, 0.05) is 6.42 Å². The number of esters is 1. The minimum Gasteiger partial charge on any atom is -0.465 e. The first-order valence-electron chi connectivity index (χ1n) is 11.9. The van der Waals surface area contributed by atoms with Crippen molar-refractivity contribution in [2.75, 3.05) is 6.61 Å². The molecular weight excluding hydrogens is 336 g/mol. The van der Waals surface area contributed by atoms with E-state index in [2.05, 4.69) is 20.8 Å². The van der Waals surface area contributed by atoms with Crippen molar-refractivity contribution < 1.29 is 14.6 Å². The number of carbonyl (C=O) groups is 1. The number of carbonyl (C=O) groups excluding carboxylic acids is 1. The monoisotopic (exact) mass is 384 g/mol. The SMILES string of the molecule is CCCCCCC(O)CCCCCCCCCCC(=O)OCC(C)CCC. The van der Waals surface area contributed by atoms with E-state index in [4.69, 9.17) is 4.74 Å². The van der Waals surface area contributed by atoms with Crippen molar-refractivity contribution >= 4 is 5.97 Å². The maximum Gasteiger partial charge on any atom is 0.305 e. The molecule has 0 amide bonds. The van der Waals surface area contributed by atoms with Crippen molar-refractivity contribution in [3.8, 4) is 0 Å². The van der Waals surface area contributed by atoms with Gasteiger partial charge in [-0.3, -0.25) is 4.79 Å². The van der Waals surface area contributed by atoms with E-state index in [1.54, 1.807) is 0 Å². The highest BCUT2D eigenvalue weighted by Gasteiger charge is 2.07. The largest absolute Gasteiger partial charge is 0.465 e. The molecule has 162 valence electrons. The summed E-state index contributed by atoms with van der Waals surface area (Å²) in [6.45, 7) is 7.11. The van der Waals surface area contributed by atoms with Gasteiger partial charge in [0.15, 0.2) is 0 Å². The fourth-order valence-electron chi connectivity index (χ4n) is 3.54. The van der Waals surface area contributed by atoms with E-state index >= 15 is 0 Å². The first-order chi connectivity index (χ1) is 13.1. The third kappa shape index (κ3) is 20.0. The molecular formula is C24H48O3. The summed E-state index contributed by atoms with van der Waals surface area (Å²) in [4.78, 5) is 11.7. The Kier molecular flexibility index (Phi) is 19.7. The molecule has 0 bridgehead atoms. The van der Waals surface area contributed by atoms with Gasteiger partial charge in [0.05, 0.1) is 12.7 Å². The zero-order chi connectivity index (χ0) is 20.2. The Labute approximate surface area is 169 Å². The highest BCUT2D eigenvalue weighted by Crippen LogP contribution is 2.14. The molecule has 0 spiro atoms. The molecule has 0 saturated carbocycles. The summed E-state index contributed by atoms with van der Waals surface area (Å²) in [6.07, 6.45) is 19.3. The summed E-state index contributed by atoms with van der Waals surface area (Å²) in [5, 5.41) is 9.95. The van der Waals surface area contributed by atoms with Crippen molar-refractivity contribution in [2.45, 2.75) is 136 Å². The fraction of sp³-hybridized carbons (Fsp3) is 0.958. The molecule has 1 N–H and O–H groups in total. The van der Waals surface area contributed by atoms with Crippen LogP contribution < -0.4 is 0 Å². The number of hydrogen-bond acceptors (Lipinski definition) is 3. The molecule has 27 heavy (non-hydrogen) atoms. The van der Waals surface area contributed by atoms with Crippen molar-refractivity contribution in [3.63, 3.8) is 0 Å². The predicted molar refractivity (Wildman–Crippen MR) is 116 cm³/mol. The molecule has 0 aliphatic rings. The topological polar surface area (TPSA) is 46.5 Å². The second kappa shape index (κ2) is 20.2. The van der Waals surface area contributed by atoms with Gasteiger partial charge in [-0.2, -0.15) is 0 Å². The van der Waals surface area contributed by atoms with Crippen molar-refractivity contribution in [3.05, 3.63) is 0 Å². The Balaban J connectivity index is 3.27. The van der Waals surface area contributed by atoms with Crippen molar-refractivity contribution in [2.24, 2.45) is 5.92 Å². The van der Waals surface area contributed by atoms with Gasteiger partial charge in [0.1, 0.15) is 0 Å². The summed E-state index contributed by atoms with van der Waals surface area (Å²) in [7, 11) is 0. The van der Waals surface area contributed by atoms with Gasteiger partial charge in [0.2, 0.25) is 0 Å². The third-order valence-corrected chi connectivity index (χ3v) is 5.37. The van der Waals surface area contributed by atoms with Crippen LogP contribution in [0.4, 0.5) is 0 Å². The van der Waals surface area contributed by atoms with Crippen LogP contribution in [0.2, 0.25) is 0 Å². The molecule has 0 aromatic carbocycles. The van der Waals surface area contributed by atoms with Crippen LogP contribution >= 0.6 is 0 Å². The predicted octanol–water partition coefficient (Wildman–Crippen LogP) is 7.20. The minimum atomic E-state index is -0.0772. The van der Waals surface area contributed by atoms with E-state index in [1.165, 1.54) is 57.8 Å². The standard InChI is InChI=1S/C24H48O3/c1-4-6-7-14-18-23(25)19-15-12-10-8-9-11-13-16-20-24(26)27-21-22(3)17-5-2/h22-23,25H,4-21H2,1-3H3. The Bertz CT molecular complexity index is 317. The van der Waals surface area contributed by atoms with E-state index < -0.39 is 0 Å². The molecule has 3 nitrogen and oxygen atoms in total. The third-order valence-electron chi connectivity index (χ3n) is 5.37. The maximum atomic E-state index is 11.7. The van der Waals surface area contributed by atoms with Crippen LogP contribution in [-0.4, -0.2) is 23.8 Å². The Morgan fingerprint density at radius 1 is 0.741 bits per heavy atom. The lowest BCUT2D eigenvalue weighted by Gasteiger charge is -2.10. The minimum absolute atomic E-state index is 0.0220. The van der Waals surface area contributed by atoms with Crippen molar-refractivity contribution in [1.82, 2.24) is 0 Å². The number of hydrogen-bond donors (Lipinski definition) is 1. The molecule has 0 heterocycles. The summed E-state index contributed by atoms with van der Waals surface area (Å²) in [5.74, 6) is 0.465. The van der Waals surface area contributed by atoms with Crippen LogP contribution in [-0.2, 0) is 9.53 Å². The lowest BCUT2D eigenvalue weighted by molar-refractivity contribution is -0.145. The molecule has 2 unspecified atom stereocenters. The summed E-state index contributed by atoms with van der Waals surface area (Å²) < 4.78 is 5.32. The van der Waals surface area contributed by atoms with E-state index in [1.807, 2.05) is 0 Å². The Morgan fingerprint density at radius 2 is 1.26 bits per heavy atom. The average Bonchev–Trinajstić information content (AvgIpc) is 2.65. The Hall–Kier alpha value is -0.570. The summed E-state index contributed by atoms with van der Waals surface area (Å²) >= 11 is 0. The average molecular weight is 385 g/mol. The Morgan fingerprint density at radius 3 is 1.81 bits per heavy atom. The molecule has 0 rings (SSSR count). The van der Waals surface area contributed by atoms with Crippen LogP contribution in [0.3, 0.4) is 0 Å². The zero-order valence-electron chi connectivity index (χ0n) is 18.6. The lowest BCUT2D eigenvalue weighted by atomic mass is 10.0. The van der Waals surface area contributed by atoms with E-state index in [0.29, 0.717) is 18.9 Å². The molecule has 0 aliphatic carbocycles. The summed E-state index contributed by atoms with van der Waals surface area (Å²) in [6, 6.07) is 0. The van der Waals surface area contributed by atoms with E-state index in [9.17, 15) is 9.90 Å². The molecule has 0 aliphatic heterocycles. The first-order valence-corrected chi connectivity index (χ1v) is 11.9. The van der Waals surface area contributed by atoms with Crippen LogP contribution in [0.25, 0.3) is 0 Å². The summed E-state index contributed by atoms with van der Waals surface area (Å²) in [5.41, 5.74) is 0. The number of ether oxygens (including phenoxy) is 1. The second-order valence-electron chi connectivity index (χ2n) is 8.45. The van der Waals surface area contributed by atoms with Gasteiger partial charge >= 0.3 is 5.97 Å². The maximum absolute atomic E-state index is 11.7. The first kappa shape index (κ1) is 26.4. The van der Waals surface area contributed by atoms with E-state index in [0.717, 1.165) is 44.9 Å². The van der Waals surface area contributed by atoms with Gasteiger partial charge in [-0.25, -0.2) is 0 Å². The number of unbranched alkanes of at least 4 members (excludes halogenated alkanes) is 10. The quantitative estimate of drug-likeness (QED) is 0.178. The van der Waals surface area contributed by atoms with Crippen LogP contribution in [0, 0.1) is 5.92 Å². The van der Waals surface area contributed by atoms with Gasteiger partial charge in [0.25, 0.3) is 0 Å². The molecule has 0 aromatic rings. The van der Waals surface area contributed by atoms with Gasteiger partial charge in [-0.05, 0) is 31.6 Å². The van der Waals surface area contributed by atoms with Crippen LogP contribution in [0.1, 0.15) is 130 Å². The molecule has 0 radical (unpaired) electrons. The van der Waals surface area contributed by atoms with Gasteiger partial charge in [-0.1, -0.05) is 97.8 Å². The van der Waals surface area contributed by atoms with Gasteiger partial charge < -0.3 is 9.84 Å². The molecule has 3 heteroatoms. The van der Waals surface area contributed by atoms with E-state index in [-0.39, 0.29) is 12.1 Å². The molecule has 2 atom stereocenters. The normalized spacial score (nSPS) is 13.5. The second-order valence-corrected chi connectivity index (χ2v) is 8.45. The van der Waals surface area contributed by atoms with Gasteiger partial charge in [-0.15, -0.1) is 0 Å². The molecule has 0 fully saturated rings.